The van der Waals surface area contributed by atoms with E-state index in [-0.39, 0.29) is 18.6 Å². The maximum absolute atomic E-state index is 12.1. The number of rotatable bonds is 2. The molecular formula is C13H22N2O4. The Morgan fingerprint density at radius 3 is 2.58 bits per heavy atom. The van der Waals surface area contributed by atoms with Crippen molar-refractivity contribution in [3.05, 3.63) is 0 Å². The first-order valence-electron chi connectivity index (χ1n) is 6.74. The van der Waals surface area contributed by atoms with E-state index in [2.05, 4.69) is 5.32 Å². The molecule has 1 saturated carbocycles. The molecule has 1 heterocycles. The molecule has 2 fully saturated rings. The number of carbonyl (C=O) groups excluding carboxylic acids is 2. The van der Waals surface area contributed by atoms with Gasteiger partial charge < -0.3 is 14.8 Å². The predicted molar refractivity (Wildman–Crippen MR) is 68.7 cm³/mol. The average molecular weight is 270 g/mol. The molecule has 1 aliphatic heterocycles. The van der Waals surface area contributed by atoms with Crippen molar-refractivity contribution in [1.29, 1.82) is 0 Å². The van der Waals surface area contributed by atoms with Crippen LogP contribution in [-0.2, 0) is 14.3 Å². The van der Waals surface area contributed by atoms with E-state index in [1.165, 1.54) is 4.90 Å². The Bertz CT molecular complexity index is 360. The molecule has 2 aliphatic rings. The first-order chi connectivity index (χ1) is 8.87. The second kappa shape index (κ2) is 5.36. The standard InChI is InChI=1S/C13H22N2O4/c1-13(2,3)19-12(17)15-6-7-18-8-10(15)11(16)14-9-4-5-9/h9-10H,4-8H2,1-3H3,(H,14,16). The van der Waals surface area contributed by atoms with Gasteiger partial charge in [0.2, 0.25) is 5.91 Å². The third kappa shape index (κ3) is 4.09. The summed E-state index contributed by atoms with van der Waals surface area (Å²) in [6, 6.07) is -0.306. The molecule has 0 aromatic heterocycles. The van der Waals surface area contributed by atoms with Gasteiger partial charge in [-0.05, 0) is 33.6 Å². The van der Waals surface area contributed by atoms with Crippen LogP contribution in [0.2, 0.25) is 0 Å². The minimum absolute atomic E-state index is 0.145. The van der Waals surface area contributed by atoms with E-state index >= 15 is 0 Å². The van der Waals surface area contributed by atoms with Gasteiger partial charge in [0.05, 0.1) is 13.2 Å². The van der Waals surface area contributed by atoms with Gasteiger partial charge in [0, 0.05) is 12.6 Å². The van der Waals surface area contributed by atoms with Crippen LogP contribution in [0.15, 0.2) is 0 Å². The third-order valence-electron chi connectivity index (χ3n) is 2.98. The minimum atomic E-state index is -0.579. The molecule has 6 nitrogen and oxygen atoms in total. The fourth-order valence-electron chi connectivity index (χ4n) is 1.89. The molecule has 19 heavy (non-hydrogen) atoms. The van der Waals surface area contributed by atoms with Crippen molar-refractivity contribution >= 4 is 12.0 Å². The summed E-state index contributed by atoms with van der Waals surface area (Å²) >= 11 is 0. The Hall–Kier alpha value is -1.30. The summed E-state index contributed by atoms with van der Waals surface area (Å²) in [5, 5.41) is 2.90. The highest BCUT2D eigenvalue weighted by Crippen LogP contribution is 2.20. The molecule has 0 aromatic rings. The molecule has 0 bridgehead atoms. The van der Waals surface area contributed by atoms with Crippen molar-refractivity contribution in [2.75, 3.05) is 19.8 Å². The molecular weight excluding hydrogens is 248 g/mol. The largest absolute Gasteiger partial charge is 0.444 e. The molecule has 1 N–H and O–H groups in total. The van der Waals surface area contributed by atoms with Crippen LogP contribution in [-0.4, -0.2) is 54.3 Å². The van der Waals surface area contributed by atoms with Crippen molar-refractivity contribution in [3.63, 3.8) is 0 Å². The predicted octanol–water partition coefficient (Wildman–Crippen LogP) is 0.901. The molecule has 2 amide bonds. The second-order valence-electron chi connectivity index (χ2n) is 6.05. The molecule has 6 heteroatoms. The molecule has 1 atom stereocenters. The molecule has 108 valence electrons. The van der Waals surface area contributed by atoms with Crippen molar-refractivity contribution in [3.8, 4) is 0 Å². The molecule has 0 aromatic carbocycles. The summed E-state index contributed by atoms with van der Waals surface area (Å²) in [7, 11) is 0. The number of carbonyl (C=O) groups is 2. The van der Waals surface area contributed by atoms with E-state index in [9.17, 15) is 9.59 Å². The first-order valence-corrected chi connectivity index (χ1v) is 6.74. The van der Waals surface area contributed by atoms with Gasteiger partial charge in [-0.3, -0.25) is 9.69 Å². The average Bonchev–Trinajstić information content (AvgIpc) is 3.10. The zero-order valence-corrected chi connectivity index (χ0v) is 11.8. The Morgan fingerprint density at radius 2 is 2.00 bits per heavy atom. The lowest BCUT2D eigenvalue weighted by Crippen LogP contribution is -2.57. The lowest BCUT2D eigenvalue weighted by atomic mass is 10.2. The molecule has 0 spiro atoms. The lowest BCUT2D eigenvalue weighted by molar-refractivity contribution is -0.132. The topological polar surface area (TPSA) is 67.9 Å². The summed E-state index contributed by atoms with van der Waals surface area (Å²) in [4.78, 5) is 25.7. The van der Waals surface area contributed by atoms with Gasteiger partial charge >= 0.3 is 6.09 Å². The van der Waals surface area contributed by atoms with Crippen LogP contribution in [0.25, 0.3) is 0 Å². The van der Waals surface area contributed by atoms with Crippen LogP contribution in [0.5, 0.6) is 0 Å². The van der Waals surface area contributed by atoms with Crippen LogP contribution < -0.4 is 5.32 Å². The summed E-state index contributed by atoms with van der Waals surface area (Å²) in [5.41, 5.74) is -0.563. The second-order valence-corrected chi connectivity index (χ2v) is 6.05. The SMILES string of the molecule is CC(C)(C)OC(=O)N1CCOCC1C(=O)NC1CC1. The highest BCUT2D eigenvalue weighted by molar-refractivity contribution is 5.86. The number of nitrogens with one attached hydrogen (secondary N) is 1. The number of amides is 2. The number of nitrogens with zero attached hydrogens (tertiary/aromatic N) is 1. The minimum Gasteiger partial charge on any atom is -0.444 e. The van der Waals surface area contributed by atoms with Gasteiger partial charge in [0.15, 0.2) is 0 Å². The van der Waals surface area contributed by atoms with Crippen LogP contribution in [0.3, 0.4) is 0 Å². The van der Waals surface area contributed by atoms with Gasteiger partial charge in [-0.2, -0.15) is 0 Å². The monoisotopic (exact) mass is 270 g/mol. The lowest BCUT2D eigenvalue weighted by Gasteiger charge is -2.35. The fraction of sp³-hybridized carbons (Fsp3) is 0.846. The summed E-state index contributed by atoms with van der Waals surface area (Å²) in [5.74, 6) is -0.145. The van der Waals surface area contributed by atoms with Crippen LogP contribution >= 0.6 is 0 Å². The smallest absolute Gasteiger partial charge is 0.411 e. The quantitative estimate of drug-likeness (QED) is 0.809. The molecule has 0 radical (unpaired) electrons. The Kier molecular flexibility index (Phi) is 3.99. The Labute approximate surface area is 113 Å². The Morgan fingerprint density at radius 1 is 1.32 bits per heavy atom. The molecule has 1 saturated heterocycles. The summed E-state index contributed by atoms with van der Waals surface area (Å²) in [6.45, 7) is 6.49. The first kappa shape index (κ1) is 14.1. The highest BCUT2D eigenvalue weighted by Gasteiger charge is 2.37. The van der Waals surface area contributed by atoms with E-state index in [0.29, 0.717) is 13.2 Å². The highest BCUT2D eigenvalue weighted by atomic mass is 16.6. The molecule has 1 unspecified atom stereocenters. The van der Waals surface area contributed by atoms with Crippen molar-refractivity contribution < 1.29 is 19.1 Å². The van der Waals surface area contributed by atoms with Crippen molar-refractivity contribution in [1.82, 2.24) is 10.2 Å². The van der Waals surface area contributed by atoms with Gasteiger partial charge in [0.1, 0.15) is 11.6 Å². The number of hydrogen-bond donors (Lipinski definition) is 1. The Balaban J connectivity index is 1.98. The molecule has 2 rings (SSSR count). The van der Waals surface area contributed by atoms with Crippen LogP contribution in [0.1, 0.15) is 33.6 Å². The van der Waals surface area contributed by atoms with Gasteiger partial charge in [-0.15, -0.1) is 0 Å². The zero-order valence-electron chi connectivity index (χ0n) is 11.8. The summed E-state index contributed by atoms with van der Waals surface area (Å²) in [6.07, 6.45) is 1.59. The zero-order chi connectivity index (χ0) is 14.0. The number of ether oxygens (including phenoxy) is 2. The van der Waals surface area contributed by atoms with Crippen molar-refractivity contribution in [2.24, 2.45) is 0 Å². The van der Waals surface area contributed by atoms with E-state index in [4.69, 9.17) is 9.47 Å². The van der Waals surface area contributed by atoms with E-state index in [1.807, 2.05) is 20.8 Å². The fourth-order valence-corrected chi connectivity index (χ4v) is 1.89. The maximum atomic E-state index is 12.1. The van der Waals surface area contributed by atoms with Gasteiger partial charge in [-0.1, -0.05) is 0 Å². The van der Waals surface area contributed by atoms with E-state index in [0.717, 1.165) is 12.8 Å². The van der Waals surface area contributed by atoms with E-state index in [1.54, 1.807) is 0 Å². The number of morpholine rings is 1. The van der Waals surface area contributed by atoms with Crippen LogP contribution in [0, 0.1) is 0 Å². The maximum Gasteiger partial charge on any atom is 0.411 e. The van der Waals surface area contributed by atoms with Crippen molar-refractivity contribution in [2.45, 2.75) is 51.3 Å². The van der Waals surface area contributed by atoms with Gasteiger partial charge in [0.25, 0.3) is 0 Å². The third-order valence-corrected chi connectivity index (χ3v) is 2.98. The van der Waals surface area contributed by atoms with Gasteiger partial charge in [-0.25, -0.2) is 4.79 Å². The number of hydrogen-bond acceptors (Lipinski definition) is 4. The molecule has 1 aliphatic carbocycles. The van der Waals surface area contributed by atoms with E-state index < -0.39 is 17.7 Å². The normalized spacial score (nSPS) is 23.9. The summed E-state index contributed by atoms with van der Waals surface area (Å²) < 4.78 is 10.6. The van der Waals surface area contributed by atoms with Crippen LogP contribution in [0.4, 0.5) is 4.79 Å².